The molecule has 1 saturated heterocycles. The number of likely N-dealkylation sites (tertiary alicyclic amines) is 1. The highest BCUT2D eigenvalue weighted by molar-refractivity contribution is 5.77. The highest BCUT2D eigenvalue weighted by atomic mass is 19.1. The minimum Gasteiger partial charge on any atom is -0.331 e. The van der Waals surface area contributed by atoms with Crippen molar-refractivity contribution >= 4 is 17.1 Å². The van der Waals surface area contributed by atoms with E-state index in [2.05, 4.69) is 10.3 Å². The number of urea groups is 1. The molecule has 0 aliphatic carbocycles. The molecule has 1 aliphatic heterocycles. The number of fused-ring (bicyclic) bond motifs is 1. The van der Waals surface area contributed by atoms with Crippen LogP contribution in [0, 0.1) is 5.82 Å². The predicted octanol–water partition coefficient (Wildman–Crippen LogP) is 3.37. The fourth-order valence-corrected chi connectivity index (χ4v) is 3.30. The number of amides is 2. The Labute approximate surface area is 145 Å². The molecular weight excluding hydrogens is 319 g/mol. The molecule has 128 valence electrons. The zero-order valence-electron chi connectivity index (χ0n) is 13.9. The van der Waals surface area contributed by atoms with Crippen LogP contribution < -0.4 is 5.32 Å². The van der Waals surface area contributed by atoms with Gasteiger partial charge in [-0.15, -0.1) is 0 Å². The lowest BCUT2D eigenvalue weighted by atomic mass is 9.95. The second-order valence-electron chi connectivity index (χ2n) is 6.29. The Balaban J connectivity index is 1.44. The number of aromatic nitrogens is 2. The summed E-state index contributed by atoms with van der Waals surface area (Å²) >= 11 is 0. The van der Waals surface area contributed by atoms with Crippen molar-refractivity contribution in [2.24, 2.45) is 7.05 Å². The summed E-state index contributed by atoms with van der Waals surface area (Å²) in [5.74, 6) is 0.529. The number of hydrogen-bond acceptors (Lipinski definition) is 2. The second-order valence-corrected chi connectivity index (χ2v) is 6.29. The number of para-hydroxylation sites is 2. The average Bonchev–Trinajstić information content (AvgIpc) is 2.89. The third-order valence-electron chi connectivity index (χ3n) is 4.79. The molecule has 1 unspecified atom stereocenters. The first-order valence-corrected chi connectivity index (χ1v) is 8.34. The molecule has 1 atom stereocenters. The van der Waals surface area contributed by atoms with E-state index in [9.17, 15) is 9.18 Å². The predicted molar refractivity (Wildman–Crippen MR) is 93.4 cm³/mol. The maximum Gasteiger partial charge on any atom is 0.318 e. The Bertz CT molecular complexity index is 936. The lowest BCUT2D eigenvalue weighted by Crippen LogP contribution is -2.49. The molecule has 0 spiro atoms. The highest BCUT2D eigenvalue weighted by Gasteiger charge is 2.33. The number of benzene rings is 2. The van der Waals surface area contributed by atoms with Gasteiger partial charge >= 0.3 is 6.03 Å². The van der Waals surface area contributed by atoms with Gasteiger partial charge in [0.2, 0.25) is 0 Å². The summed E-state index contributed by atoms with van der Waals surface area (Å²) in [4.78, 5) is 18.8. The van der Waals surface area contributed by atoms with Crippen molar-refractivity contribution in [1.29, 1.82) is 0 Å². The minimum atomic E-state index is -0.274. The van der Waals surface area contributed by atoms with E-state index in [0.29, 0.717) is 13.1 Å². The van der Waals surface area contributed by atoms with Gasteiger partial charge in [0.1, 0.15) is 11.6 Å². The topological polar surface area (TPSA) is 50.2 Å². The van der Waals surface area contributed by atoms with E-state index in [1.807, 2.05) is 41.9 Å². The molecule has 0 saturated carbocycles. The van der Waals surface area contributed by atoms with Crippen LogP contribution in [0.1, 0.15) is 23.9 Å². The molecule has 5 nitrogen and oxygen atoms in total. The van der Waals surface area contributed by atoms with Gasteiger partial charge in [-0.2, -0.15) is 0 Å². The Morgan fingerprint density at radius 2 is 2.12 bits per heavy atom. The van der Waals surface area contributed by atoms with Crippen molar-refractivity contribution in [1.82, 2.24) is 19.8 Å². The van der Waals surface area contributed by atoms with E-state index >= 15 is 0 Å². The Morgan fingerprint density at radius 3 is 2.84 bits per heavy atom. The number of nitrogens with zero attached hydrogens (tertiary/aromatic N) is 3. The zero-order valence-corrected chi connectivity index (χ0v) is 13.9. The van der Waals surface area contributed by atoms with E-state index in [1.165, 1.54) is 12.1 Å². The third-order valence-corrected chi connectivity index (χ3v) is 4.79. The van der Waals surface area contributed by atoms with Gasteiger partial charge < -0.3 is 14.8 Å². The highest BCUT2D eigenvalue weighted by Crippen LogP contribution is 2.33. The molecule has 0 bridgehead atoms. The van der Waals surface area contributed by atoms with Crippen molar-refractivity contribution in [2.45, 2.75) is 19.0 Å². The number of rotatable bonds is 3. The lowest BCUT2D eigenvalue weighted by Gasteiger charge is -2.41. The van der Waals surface area contributed by atoms with E-state index in [1.54, 1.807) is 11.0 Å². The summed E-state index contributed by atoms with van der Waals surface area (Å²) in [5, 5.41) is 2.93. The van der Waals surface area contributed by atoms with Gasteiger partial charge in [0, 0.05) is 13.6 Å². The molecule has 1 aliphatic rings. The molecule has 3 aromatic rings. The van der Waals surface area contributed by atoms with Crippen LogP contribution in [-0.4, -0.2) is 27.0 Å². The van der Waals surface area contributed by atoms with E-state index in [0.717, 1.165) is 28.8 Å². The Morgan fingerprint density at radius 1 is 1.28 bits per heavy atom. The minimum absolute atomic E-state index is 0.0591. The van der Waals surface area contributed by atoms with Crippen molar-refractivity contribution in [3.63, 3.8) is 0 Å². The molecule has 1 aromatic heterocycles. The maximum absolute atomic E-state index is 13.4. The maximum atomic E-state index is 13.4. The molecular formula is C19H19FN4O. The van der Waals surface area contributed by atoms with Crippen LogP contribution in [0.3, 0.4) is 0 Å². The van der Waals surface area contributed by atoms with Crippen molar-refractivity contribution < 1.29 is 9.18 Å². The van der Waals surface area contributed by atoms with Gasteiger partial charge in [0.05, 0.1) is 23.6 Å². The summed E-state index contributed by atoms with van der Waals surface area (Å²) in [6.07, 6.45) is 0.850. The van der Waals surface area contributed by atoms with Gasteiger partial charge in [-0.3, -0.25) is 0 Å². The zero-order chi connectivity index (χ0) is 17.4. The average molecular weight is 338 g/mol. The Hall–Kier alpha value is -2.89. The molecule has 1 N–H and O–H groups in total. The van der Waals surface area contributed by atoms with Gasteiger partial charge in [-0.05, 0) is 36.2 Å². The molecule has 4 rings (SSSR count). The first-order valence-electron chi connectivity index (χ1n) is 8.34. The molecule has 25 heavy (non-hydrogen) atoms. The summed E-state index contributed by atoms with van der Waals surface area (Å²) < 4.78 is 15.4. The standard InChI is InChI=1S/C19H19FN4O/c1-23-17-8-3-2-7-15(17)22-18(23)12-21-19(25)24-10-9-16(24)13-5-4-6-14(20)11-13/h2-8,11,16H,9-10,12H2,1H3,(H,21,25). The normalized spacial score (nSPS) is 16.7. The molecule has 0 radical (unpaired) electrons. The van der Waals surface area contributed by atoms with Crippen LogP contribution in [0.2, 0.25) is 0 Å². The molecule has 2 heterocycles. The van der Waals surface area contributed by atoms with Gasteiger partial charge in [-0.25, -0.2) is 14.2 Å². The number of nitrogens with one attached hydrogen (secondary N) is 1. The van der Waals surface area contributed by atoms with E-state index < -0.39 is 0 Å². The number of hydrogen-bond donors (Lipinski definition) is 1. The van der Waals surface area contributed by atoms with Gasteiger partial charge in [0.25, 0.3) is 0 Å². The van der Waals surface area contributed by atoms with E-state index in [-0.39, 0.29) is 17.9 Å². The monoisotopic (exact) mass is 338 g/mol. The number of aryl methyl sites for hydroxylation is 1. The molecule has 2 amide bonds. The molecule has 6 heteroatoms. The fraction of sp³-hybridized carbons (Fsp3) is 0.263. The van der Waals surface area contributed by atoms with Crippen molar-refractivity contribution in [3.8, 4) is 0 Å². The summed E-state index contributed by atoms with van der Waals surface area (Å²) in [6.45, 7) is 1.03. The fourth-order valence-electron chi connectivity index (χ4n) is 3.30. The summed E-state index contributed by atoms with van der Waals surface area (Å²) in [5.41, 5.74) is 2.79. The number of carbonyl (C=O) groups is 1. The van der Waals surface area contributed by atoms with Crippen LogP contribution in [0.25, 0.3) is 11.0 Å². The molecule has 1 fully saturated rings. The number of imidazole rings is 1. The van der Waals surface area contributed by atoms with E-state index in [4.69, 9.17) is 0 Å². The van der Waals surface area contributed by atoms with Gasteiger partial charge in [0.15, 0.2) is 0 Å². The largest absolute Gasteiger partial charge is 0.331 e. The van der Waals surface area contributed by atoms with Crippen LogP contribution in [0.4, 0.5) is 9.18 Å². The first-order chi connectivity index (χ1) is 12.1. The number of carbonyl (C=O) groups excluding carboxylic acids is 1. The third kappa shape index (κ3) is 2.84. The van der Waals surface area contributed by atoms with Gasteiger partial charge in [-0.1, -0.05) is 24.3 Å². The lowest BCUT2D eigenvalue weighted by molar-refractivity contribution is 0.114. The Kier molecular flexibility index (Phi) is 3.87. The second kappa shape index (κ2) is 6.20. The summed E-state index contributed by atoms with van der Waals surface area (Å²) in [7, 11) is 1.94. The van der Waals surface area contributed by atoms with Crippen molar-refractivity contribution in [3.05, 3.63) is 65.7 Å². The smallest absolute Gasteiger partial charge is 0.318 e. The SMILES string of the molecule is Cn1c(CNC(=O)N2CCC2c2cccc(F)c2)nc2ccccc21. The molecule has 2 aromatic carbocycles. The van der Waals surface area contributed by atoms with Crippen LogP contribution >= 0.6 is 0 Å². The van der Waals surface area contributed by atoms with Crippen LogP contribution in [0.5, 0.6) is 0 Å². The quantitative estimate of drug-likeness (QED) is 0.796. The van der Waals surface area contributed by atoms with Crippen molar-refractivity contribution in [2.75, 3.05) is 6.54 Å². The van der Waals surface area contributed by atoms with Crippen LogP contribution in [0.15, 0.2) is 48.5 Å². The summed E-state index contributed by atoms with van der Waals surface area (Å²) in [6, 6.07) is 14.1. The van der Waals surface area contributed by atoms with Crippen LogP contribution in [-0.2, 0) is 13.6 Å². The first kappa shape index (κ1) is 15.6. The number of halogens is 1.